The molecule has 4 atom stereocenters. The second kappa shape index (κ2) is 7.19. The number of nitrogens with one attached hydrogen (secondary N) is 1. The van der Waals surface area contributed by atoms with Gasteiger partial charge in [0.2, 0.25) is 5.95 Å². The van der Waals surface area contributed by atoms with Crippen molar-refractivity contribution in [3.63, 3.8) is 0 Å². The molecule has 0 radical (unpaired) electrons. The number of alkyl halides is 3. The molecule has 1 saturated carbocycles. The highest BCUT2D eigenvalue weighted by Crippen LogP contribution is 2.48. The Morgan fingerprint density at radius 2 is 2.26 bits per heavy atom. The van der Waals surface area contributed by atoms with E-state index in [1.54, 1.807) is 5.51 Å². The maximum absolute atomic E-state index is 14.1. The number of thiazole rings is 1. The summed E-state index contributed by atoms with van der Waals surface area (Å²) < 4.78 is 49.2. The van der Waals surface area contributed by atoms with Crippen molar-refractivity contribution in [1.82, 2.24) is 14.5 Å². The molecule has 2 unspecified atom stereocenters. The van der Waals surface area contributed by atoms with Gasteiger partial charge >= 0.3 is 6.18 Å². The maximum atomic E-state index is 14.1. The first-order chi connectivity index (χ1) is 14.7. The summed E-state index contributed by atoms with van der Waals surface area (Å²) in [5, 5.41) is 3.11. The Balaban J connectivity index is 0.00000245. The summed E-state index contributed by atoms with van der Waals surface area (Å²) in [5.74, 6) is 1.50. The quantitative estimate of drug-likeness (QED) is 0.719. The Kier molecular flexibility index (Phi) is 4.81. The first-order valence-electron chi connectivity index (χ1n) is 10.4. The van der Waals surface area contributed by atoms with Crippen LogP contribution in [0.25, 0.3) is 0 Å². The summed E-state index contributed by atoms with van der Waals surface area (Å²) >= 11 is 1.42. The smallest absolute Gasteiger partial charge is 0.376 e. The van der Waals surface area contributed by atoms with Gasteiger partial charge in [-0.25, -0.2) is 4.98 Å². The average molecular weight is 458 g/mol. The van der Waals surface area contributed by atoms with E-state index in [4.69, 9.17) is 4.74 Å². The highest BCUT2D eigenvalue weighted by Gasteiger charge is 2.59. The number of nitrogens with zero attached hydrogens (tertiary/aromatic N) is 4. The SMILES string of the molecule is Cc1ncsc1CCN1c2nc(NC[C@H]3OCC4CC43)cc(=O)n2C[C@@]1(C)C(F)(F)F.[HH]. The summed E-state index contributed by atoms with van der Waals surface area (Å²) in [5.41, 5.74) is -0.199. The van der Waals surface area contributed by atoms with E-state index in [0.29, 0.717) is 24.8 Å². The van der Waals surface area contributed by atoms with Gasteiger partial charge in [-0.1, -0.05) is 0 Å². The van der Waals surface area contributed by atoms with Gasteiger partial charge < -0.3 is 15.0 Å². The lowest BCUT2D eigenvalue weighted by Gasteiger charge is -2.36. The summed E-state index contributed by atoms with van der Waals surface area (Å²) in [6.07, 6.45) is -2.91. The van der Waals surface area contributed by atoms with Crippen molar-refractivity contribution in [3.05, 3.63) is 32.5 Å². The number of anilines is 2. The van der Waals surface area contributed by atoms with Crippen molar-refractivity contribution in [2.75, 3.05) is 29.9 Å². The molecule has 3 aliphatic rings. The van der Waals surface area contributed by atoms with Crippen LogP contribution in [0, 0.1) is 18.8 Å². The highest BCUT2D eigenvalue weighted by atomic mass is 32.1. The molecule has 1 aliphatic carbocycles. The number of aryl methyl sites for hydroxylation is 1. The van der Waals surface area contributed by atoms with Crippen molar-refractivity contribution >= 4 is 23.1 Å². The van der Waals surface area contributed by atoms with Crippen LogP contribution in [0.1, 0.15) is 25.3 Å². The van der Waals surface area contributed by atoms with Gasteiger partial charge in [-0.3, -0.25) is 9.36 Å². The lowest BCUT2D eigenvalue weighted by Crippen LogP contribution is -2.56. The first-order valence-corrected chi connectivity index (χ1v) is 11.3. The van der Waals surface area contributed by atoms with Crippen LogP contribution in [-0.2, 0) is 17.7 Å². The second-order valence-corrected chi connectivity index (χ2v) is 9.75. The number of aromatic nitrogens is 3. The number of ether oxygens (including phenoxy) is 1. The highest BCUT2D eigenvalue weighted by molar-refractivity contribution is 7.09. The van der Waals surface area contributed by atoms with Crippen molar-refractivity contribution in [3.8, 4) is 0 Å². The Hall–Kier alpha value is -2.14. The Bertz CT molecular complexity index is 1060. The third-order valence-electron chi connectivity index (χ3n) is 6.77. The molecular weight excluding hydrogens is 431 g/mol. The third kappa shape index (κ3) is 3.51. The lowest BCUT2D eigenvalue weighted by atomic mass is 10.0. The first kappa shape index (κ1) is 20.7. The molecule has 0 aromatic carbocycles. The molecule has 4 heterocycles. The number of hydrogen-bond donors (Lipinski definition) is 1. The normalized spacial score (nSPS) is 29.2. The molecule has 31 heavy (non-hydrogen) atoms. The molecule has 0 spiro atoms. The van der Waals surface area contributed by atoms with Crippen molar-refractivity contribution in [2.24, 2.45) is 11.8 Å². The third-order valence-corrected chi connectivity index (χ3v) is 7.77. The van der Waals surface area contributed by atoms with Crippen LogP contribution in [0.4, 0.5) is 24.9 Å². The molecule has 1 saturated heterocycles. The Morgan fingerprint density at radius 1 is 1.45 bits per heavy atom. The molecule has 2 aromatic rings. The molecule has 2 fully saturated rings. The fourth-order valence-corrected chi connectivity index (χ4v) is 5.40. The molecule has 7 nitrogen and oxygen atoms in total. The molecule has 0 amide bonds. The summed E-state index contributed by atoms with van der Waals surface area (Å²) in [7, 11) is 0. The van der Waals surface area contributed by atoms with Gasteiger partial charge in [0.05, 0.1) is 30.5 Å². The zero-order chi connectivity index (χ0) is 22.0. The van der Waals surface area contributed by atoms with Gasteiger partial charge in [-0.2, -0.15) is 18.2 Å². The van der Waals surface area contributed by atoms with Crippen LogP contribution >= 0.6 is 11.3 Å². The minimum atomic E-state index is -4.53. The number of rotatable bonds is 6. The lowest BCUT2D eigenvalue weighted by molar-refractivity contribution is -0.182. The molecule has 0 bridgehead atoms. The van der Waals surface area contributed by atoms with Gasteiger partial charge in [0.1, 0.15) is 5.82 Å². The summed E-state index contributed by atoms with van der Waals surface area (Å²) in [6, 6.07) is 1.27. The summed E-state index contributed by atoms with van der Waals surface area (Å²) in [4.78, 5) is 23.5. The van der Waals surface area contributed by atoms with Gasteiger partial charge in [0.15, 0.2) is 5.54 Å². The van der Waals surface area contributed by atoms with Crippen LogP contribution in [0.3, 0.4) is 0 Å². The van der Waals surface area contributed by atoms with E-state index < -0.39 is 23.8 Å². The van der Waals surface area contributed by atoms with Gasteiger partial charge in [-0.15, -0.1) is 11.3 Å². The molecular formula is C20H26F3N5O2S. The maximum Gasteiger partial charge on any atom is 0.413 e. The molecule has 1 N–H and O–H groups in total. The predicted octanol–water partition coefficient (Wildman–Crippen LogP) is 3.08. The van der Waals surface area contributed by atoms with E-state index >= 15 is 0 Å². The zero-order valence-electron chi connectivity index (χ0n) is 17.3. The van der Waals surface area contributed by atoms with Gasteiger partial charge in [0.25, 0.3) is 5.56 Å². The fraction of sp³-hybridized carbons (Fsp3) is 0.650. The van der Waals surface area contributed by atoms with Gasteiger partial charge in [-0.05, 0) is 32.1 Å². The minimum Gasteiger partial charge on any atom is -0.376 e. The topological polar surface area (TPSA) is 72.3 Å². The number of halogens is 3. The molecule has 170 valence electrons. The Morgan fingerprint density at radius 3 is 2.87 bits per heavy atom. The van der Waals surface area contributed by atoms with E-state index in [0.717, 1.165) is 35.1 Å². The van der Waals surface area contributed by atoms with E-state index in [-0.39, 0.29) is 25.8 Å². The van der Waals surface area contributed by atoms with E-state index in [9.17, 15) is 18.0 Å². The molecule has 5 rings (SSSR count). The Labute approximate surface area is 182 Å². The second-order valence-electron chi connectivity index (χ2n) is 8.81. The summed E-state index contributed by atoms with van der Waals surface area (Å²) in [6.45, 7) is 3.83. The number of fused-ring (bicyclic) bond motifs is 2. The van der Waals surface area contributed by atoms with Gasteiger partial charge in [0, 0.05) is 31.9 Å². The van der Waals surface area contributed by atoms with E-state index in [2.05, 4.69) is 15.3 Å². The molecule has 2 aliphatic heterocycles. The van der Waals surface area contributed by atoms with Crippen molar-refractivity contribution < 1.29 is 19.3 Å². The van der Waals surface area contributed by atoms with E-state index in [1.165, 1.54) is 22.3 Å². The molecule has 11 heteroatoms. The molecule has 2 aromatic heterocycles. The van der Waals surface area contributed by atoms with Crippen LogP contribution in [-0.4, -0.2) is 52.1 Å². The van der Waals surface area contributed by atoms with Crippen LogP contribution in [0.15, 0.2) is 16.4 Å². The standard InChI is InChI=1S/C20H24F3N5O2S.H2/c1-11-15(31-10-25-11)3-4-28-18-26-16(24-7-14-13-5-12(13)8-30-14)6-17(29)27(18)9-19(28,2)20(21,22)23;/h6,10,12-14,24H,3-5,7-9H2,1-2H3;1H/t12?,13?,14-,19+;/m1./s1. The van der Waals surface area contributed by atoms with Crippen LogP contribution in [0.5, 0.6) is 0 Å². The zero-order valence-corrected chi connectivity index (χ0v) is 18.1. The van der Waals surface area contributed by atoms with Crippen LogP contribution < -0.4 is 15.8 Å². The van der Waals surface area contributed by atoms with Crippen molar-refractivity contribution in [1.29, 1.82) is 0 Å². The minimum absolute atomic E-state index is 0. The van der Waals surface area contributed by atoms with Crippen LogP contribution in [0.2, 0.25) is 0 Å². The predicted molar refractivity (Wildman–Crippen MR) is 113 cm³/mol. The van der Waals surface area contributed by atoms with E-state index in [1.807, 2.05) is 6.92 Å². The monoisotopic (exact) mass is 457 g/mol. The fourth-order valence-electron chi connectivity index (χ4n) is 4.63. The average Bonchev–Trinajstić information content (AvgIpc) is 3.01. The largest absolute Gasteiger partial charge is 0.413 e. The number of hydrogen-bond acceptors (Lipinski definition) is 7. The van der Waals surface area contributed by atoms with Crippen molar-refractivity contribution in [2.45, 2.75) is 51.1 Å².